The summed E-state index contributed by atoms with van der Waals surface area (Å²) in [4.78, 5) is 9.77. The van der Waals surface area contributed by atoms with Gasteiger partial charge >= 0.3 is 0 Å². The van der Waals surface area contributed by atoms with Crippen molar-refractivity contribution in [3.05, 3.63) is 0 Å². The fourth-order valence-electron chi connectivity index (χ4n) is 3.75. The molecular weight excluding hydrogens is 212 g/mol. The van der Waals surface area contributed by atoms with Crippen LogP contribution in [0.3, 0.4) is 0 Å². The van der Waals surface area contributed by atoms with E-state index in [4.69, 9.17) is 9.78 Å². The van der Waals surface area contributed by atoms with Crippen LogP contribution in [0.15, 0.2) is 0 Å². The fraction of sp³-hybridized carbons (Fsp3) is 1.00. The van der Waals surface area contributed by atoms with E-state index < -0.39 is 0 Å². The molecule has 0 amide bonds. The summed E-state index contributed by atoms with van der Waals surface area (Å²) in [6, 6.07) is 0. The van der Waals surface area contributed by atoms with Gasteiger partial charge in [0.2, 0.25) is 0 Å². The van der Waals surface area contributed by atoms with Crippen molar-refractivity contribution in [1.29, 1.82) is 0 Å². The van der Waals surface area contributed by atoms with Crippen molar-refractivity contribution in [2.75, 3.05) is 13.7 Å². The highest BCUT2D eigenvalue weighted by Crippen LogP contribution is 2.41. The lowest BCUT2D eigenvalue weighted by Gasteiger charge is -2.37. The van der Waals surface area contributed by atoms with Crippen LogP contribution in [0.1, 0.15) is 58.3 Å². The summed E-state index contributed by atoms with van der Waals surface area (Å²) in [5.41, 5.74) is 0. The molecule has 0 bridgehead atoms. The third-order valence-electron chi connectivity index (χ3n) is 5.04. The Balaban J connectivity index is 1.68. The van der Waals surface area contributed by atoms with E-state index in [-0.39, 0.29) is 0 Å². The van der Waals surface area contributed by atoms with Crippen molar-refractivity contribution in [2.24, 2.45) is 23.7 Å². The average molecular weight is 240 g/mol. The summed E-state index contributed by atoms with van der Waals surface area (Å²) in [5.74, 6) is 3.78. The number of rotatable bonds is 4. The second kappa shape index (κ2) is 6.75. The minimum atomic E-state index is 0.744. The van der Waals surface area contributed by atoms with Gasteiger partial charge in [0.05, 0.1) is 13.7 Å². The van der Waals surface area contributed by atoms with Gasteiger partial charge in [-0.2, -0.15) is 0 Å². The van der Waals surface area contributed by atoms with Crippen LogP contribution in [0, 0.1) is 23.7 Å². The molecule has 100 valence electrons. The van der Waals surface area contributed by atoms with Crippen LogP contribution in [0.5, 0.6) is 0 Å². The van der Waals surface area contributed by atoms with E-state index in [0.29, 0.717) is 0 Å². The number of hydrogen-bond acceptors (Lipinski definition) is 2. The second-order valence-electron chi connectivity index (χ2n) is 6.25. The molecule has 2 fully saturated rings. The van der Waals surface area contributed by atoms with Crippen LogP contribution in [-0.4, -0.2) is 13.7 Å². The molecule has 0 aromatic carbocycles. The van der Waals surface area contributed by atoms with Crippen molar-refractivity contribution in [1.82, 2.24) is 0 Å². The van der Waals surface area contributed by atoms with Crippen LogP contribution in [-0.2, 0) is 9.78 Å². The highest BCUT2D eigenvalue weighted by molar-refractivity contribution is 4.81. The highest BCUT2D eigenvalue weighted by atomic mass is 17.2. The Morgan fingerprint density at radius 1 is 0.824 bits per heavy atom. The minimum Gasteiger partial charge on any atom is -0.240 e. The Labute approximate surface area is 106 Å². The molecule has 0 unspecified atom stereocenters. The minimum absolute atomic E-state index is 0.744. The topological polar surface area (TPSA) is 18.5 Å². The molecule has 0 N–H and O–H groups in total. The summed E-state index contributed by atoms with van der Waals surface area (Å²) in [7, 11) is 1.61. The van der Waals surface area contributed by atoms with E-state index in [9.17, 15) is 0 Å². The van der Waals surface area contributed by atoms with Crippen LogP contribution >= 0.6 is 0 Å². The molecule has 2 nitrogen and oxygen atoms in total. The first-order chi connectivity index (χ1) is 8.29. The third kappa shape index (κ3) is 3.96. The zero-order valence-electron chi connectivity index (χ0n) is 11.5. The molecule has 0 saturated heterocycles. The number of hydrogen-bond donors (Lipinski definition) is 0. The predicted molar refractivity (Wildman–Crippen MR) is 69.5 cm³/mol. The van der Waals surface area contributed by atoms with Gasteiger partial charge in [-0.25, -0.2) is 9.78 Å². The molecule has 0 radical (unpaired) electrons. The summed E-state index contributed by atoms with van der Waals surface area (Å²) in [6.07, 6.45) is 11.5. The van der Waals surface area contributed by atoms with Crippen LogP contribution < -0.4 is 0 Å². The van der Waals surface area contributed by atoms with Gasteiger partial charge < -0.3 is 0 Å². The fourth-order valence-corrected chi connectivity index (χ4v) is 3.75. The molecule has 0 aromatic heterocycles. The smallest absolute Gasteiger partial charge is 0.0850 e. The van der Waals surface area contributed by atoms with E-state index in [0.717, 1.165) is 30.3 Å². The maximum atomic E-state index is 5.07. The van der Waals surface area contributed by atoms with E-state index in [1.807, 2.05) is 0 Å². The molecule has 0 heterocycles. The van der Waals surface area contributed by atoms with Crippen molar-refractivity contribution in [3.8, 4) is 0 Å². The SMILES string of the molecule is COOCC1CCC(C2CCC(C)CC2)CC1. The summed E-state index contributed by atoms with van der Waals surface area (Å²) >= 11 is 0. The molecule has 0 aliphatic heterocycles. The molecule has 0 atom stereocenters. The highest BCUT2D eigenvalue weighted by Gasteiger charge is 2.29. The Kier molecular flexibility index (Phi) is 5.30. The monoisotopic (exact) mass is 240 g/mol. The first-order valence-corrected chi connectivity index (χ1v) is 7.45. The summed E-state index contributed by atoms with van der Waals surface area (Å²) in [5, 5.41) is 0. The molecule has 17 heavy (non-hydrogen) atoms. The standard InChI is InChI=1S/C15H28O2/c1-12-3-7-14(8-4-12)15-9-5-13(6-10-15)11-17-16-2/h12-15H,3-11H2,1-2H3. The summed E-state index contributed by atoms with van der Waals surface area (Å²) in [6.45, 7) is 3.21. The Hall–Kier alpha value is -0.0800. The quantitative estimate of drug-likeness (QED) is 0.541. The maximum Gasteiger partial charge on any atom is 0.0850 e. The van der Waals surface area contributed by atoms with Crippen molar-refractivity contribution >= 4 is 0 Å². The van der Waals surface area contributed by atoms with Crippen molar-refractivity contribution in [2.45, 2.75) is 58.3 Å². The largest absolute Gasteiger partial charge is 0.240 e. The van der Waals surface area contributed by atoms with Gasteiger partial charge in [0.1, 0.15) is 0 Å². The van der Waals surface area contributed by atoms with Crippen LogP contribution in [0.2, 0.25) is 0 Å². The second-order valence-corrected chi connectivity index (χ2v) is 6.25. The Morgan fingerprint density at radius 3 is 1.88 bits per heavy atom. The molecule has 2 rings (SSSR count). The van der Waals surface area contributed by atoms with Gasteiger partial charge in [-0.3, -0.25) is 0 Å². The third-order valence-corrected chi connectivity index (χ3v) is 5.04. The summed E-state index contributed by atoms with van der Waals surface area (Å²) < 4.78 is 0. The molecule has 2 saturated carbocycles. The zero-order chi connectivity index (χ0) is 12.1. The van der Waals surface area contributed by atoms with Crippen LogP contribution in [0.4, 0.5) is 0 Å². The van der Waals surface area contributed by atoms with Crippen molar-refractivity contribution in [3.63, 3.8) is 0 Å². The Bertz CT molecular complexity index is 201. The van der Waals surface area contributed by atoms with E-state index in [1.165, 1.54) is 51.4 Å². The molecule has 0 spiro atoms. The lowest BCUT2D eigenvalue weighted by molar-refractivity contribution is -0.281. The molecule has 2 heteroatoms. The van der Waals surface area contributed by atoms with Gasteiger partial charge in [0.25, 0.3) is 0 Å². The van der Waals surface area contributed by atoms with Crippen LogP contribution in [0.25, 0.3) is 0 Å². The average Bonchev–Trinajstić information content (AvgIpc) is 2.38. The first-order valence-electron chi connectivity index (χ1n) is 7.45. The van der Waals surface area contributed by atoms with Gasteiger partial charge in [-0.05, 0) is 62.2 Å². The predicted octanol–water partition coefficient (Wildman–Crippen LogP) is 4.20. The first kappa shape index (κ1) is 13.4. The molecule has 0 aromatic rings. The van der Waals surface area contributed by atoms with Crippen molar-refractivity contribution < 1.29 is 9.78 Å². The maximum absolute atomic E-state index is 5.07. The lowest BCUT2D eigenvalue weighted by atomic mass is 9.69. The van der Waals surface area contributed by atoms with Gasteiger partial charge in [0, 0.05) is 0 Å². The van der Waals surface area contributed by atoms with E-state index in [1.54, 1.807) is 7.11 Å². The van der Waals surface area contributed by atoms with Gasteiger partial charge in [0.15, 0.2) is 0 Å². The lowest BCUT2D eigenvalue weighted by Crippen LogP contribution is -2.26. The zero-order valence-corrected chi connectivity index (χ0v) is 11.5. The molecule has 2 aliphatic rings. The molecular formula is C15H28O2. The van der Waals surface area contributed by atoms with E-state index in [2.05, 4.69) is 6.92 Å². The van der Waals surface area contributed by atoms with Gasteiger partial charge in [-0.1, -0.05) is 19.8 Å². The van der Waals surface area contributed by atoms with E-state index >= 15 is 0 Å². The van der Waals surface area contributed by atoms with Gasteiger partial charge in [-0.15, -0.1) is 0 Å². The normalized spacial score (nSPS) is 39.2. The Morgan fingerprint density at radius 2 is 1.35 bits per heavy atom. The molecule has 2 aliphatic carbocycles.